The van der Waals surface area contributed by atoms with Gasteiger partial charge in [-0.15, -0.1) is 0 Å². The summed E-state index contributed by atoms with van der Waals surface area (Å²) in [5, 5.41) is 11.1. The number of halogens is 1. The summed E-state index contributed by atoms with van der Waals surface area (Å²) in [6.45, 7) is 1.00. The van der Waals surface area contributed by atoms with Gasteiger partial charge in [0.25, 0.3) is 0 Å². The van der Waals surface area contributed by atoms with Crippen molar-refractivity contribution in [3.8, 4) is 11.8 Å². The van der Waals surface area contributed by atoms with E-state index in [0.717, 1.165) is 11.3 Å². The lowest BCUT2D eigenvalue weighted by atomic mass is 10.2. The van der Waals surface area contributed by atoms with Crippen LogP contribution in [0, 0.1) is 17.7 Å². The predicted octanol–water partition coefficient (Wildman–Crippen LogP) is 1.51. The Hall–Kier alpha value is -3.54. The standard InChI is InChI=1S/C21H23FN6O/c1-27(8-9-28(24)13-18(23)14-29)20-6-3-15(4-7-20)2-5-19-11-16-10-17(22)12-25-21(16)26-19/h3-4,6-7,10-13,29H,8-9,14,23-24H2,1H3,(H,25,26)/b18-13-. The second-order valence-corrected chi connectivity index (χ2v) is 6.59. The van der Waals surface area contributed by atoms with Gasteiger partial charge in [0.05, 0.1) is 30.7 Å². The number of nitrogens with zero attached hydrogens (tertiary/aromatic N) is 3. The molecule has 29 heavy (non-hydrogen) atoms. The van der Waals surface area contributed by atoms with Crippen molar-refractivity contribution in [2.45, 2.75) is 0 Å². The summed E-state index contributed by atoms with van der Waals surface area (Å²) < 4.78 is 13.2. The molecule has 7 nitrogen and oxygen atoms in total. The molecule has 0 aliphatic rings. The summed E-state index contributed by atoms with van der Waals surface area (Å²) in [6, 6.07) is 11.0. The monoisotopic (exact) mass is 394 g/mol. The minimum atomic E-state index is -0.374. The molecular formula is C21H23FN6O. The number of pyridine rings is 1. The maximum absolute atomic E-state index is 13.2. The van der Waals surface area contributed by atoms with Gasteiger partial charge >= 0.3 is 0 Å². The van der Waals surface area contributed by atoms with Crippen LogP contribution in [0.5, 0.6) is 0 Å². The molecule has 0 aliphatic carbocycles. The molecule has 0 amide bonds. The highest BCUT2D eigenvalue weighted by molar-refractivity contribution is 5.77. The van der Waals surface area contributed by atoms with Gasteiger partial charge in [-0.3, -0.25) is 0 Å². The first-order chi connectivity index (χ1) is 13.9. The van der Waals surface area contributed by atoms with Gasteiger partial charge in [0.15, 0.2) is 0 Å². The van der Waals surface area contributed by atoms with E-state index in [2.05, 4.69) is 26.7 Å². The quantitative estimate of drug-likeness (QED) is 0.287. The van der Waals surface area contributed by atoms with Crippen LogP contribution >= 0.6 is 0 Å². The van der Waals surface area contributed by atoms with Crippen molar-refractivity contribution in [2.24, 2.45) is 11.6 Å². The largest absolute Gasteiger partial charge is 0.399 e. The summed E-state index contributed by atoms with van der Waals surface area (Å²) in [7, 11) is 1.96. The topological polar surface area (TPSA) is 107 Å². The molecule has 0 saturated heterocycles. The number of H-pyrrole nitrogens is 1. The third-order valence-corrected chi connectivity index (χ3v) is 4.29. The molecule has 8 heteroatoms. The van der Waals surface area contributed by atoms with Crippen molar-refractivity contribution >= 4 is 16.7 Å². The first kappa shape index (κ1) is 20.2. The van der Waals surface area contributed by atoms with Crippen molar-refractivity contribution < 1.29 is 9.50 Å². The van der Waals surface area contributed by atoms with Crippen LogP contribution in [0.15, 0.2) is 54.5 Å². The number of aromatic nitrogens is 2. The van der Waals surface area contributed by atoms with Gasteiger partial charge in [-0.1, -0.05) is 5.92 Å². The number of aromatic amines is 1. The second-order valence-electron chi connectivity index (χ2n) is 6.59. The predicted molar refractivity (Wildman–Crippen MR) is 112 cm³/mol. The highest BCUT2D eigenvalue weighted by Gasteiger charge is 2.03. The molecule has 0 bridgehead atoms. The highest BCUT2D eigenvalue weighted by atomic mass is 19.1. The number of rotatable bonds is 6. The third kappa shape index (κ3) is 5.48. The molecule has 0 radical (unpaired) electrons. The zero-order valence-corrected chi connectivity index (χ0v) is 16.1. The molecule has 3 aromatic rings. The first-order valence-electron chi connectivity index (χ1n) is 9.00. The molecule has 150 valence electrons. The summed E-state index contributed by atoms with van der Waals surface area (Å²) in [5.74, 6) is 11.6. The van der Waals surface area contributed by atoms with E-state index >= 15 is 0 Å². The average molecular weight is 394 g/mol. The van der Waals surface area contributed by atoms with Crippen LogP contribution in [0.4, 0.5) is 10.1 Å². The van der Waals surface area contributed by atoms with E-state index in [1.807, 2.05) is 31.3 Å². The van der Waals surface area contributed by atoms with Crippen molar-refractivity contribution in [1.29, 1.82) is 0 Å². The molecule has 2 aromatic heterocycles. The fourth-order valence-electron chi connectivity index (χ4n) is 2.71. The molecule has 0 spiro atoms. The Bertz CT molecular complexity index is 1060. The van der Waals surface area contributed by atoms with Crippen LogP contribution in [0.1, 0.15) is 11.3 Å². The molecule has 6 N–H and O–H groups in total. The Morgan fingerprint density at radius 3 is 2.72 bits per heavy atom. The zero-order valence-electron chi connectivity index (χ0n) is 16.1. The van der Waals surface area contributed by atoms with E-state index in [0.29, 0.717) is 35.5 Å². The maximum atomic E-state index is 13.2. The van der Waals surface area contributed by atoms with E-state index in [4.69, 9.17) is 16.7 Å². The molecule has 0 atom stereocenters. The Kier molecular flexibility index (Phi) is 6.34. The summed E-state index contributed by atoms with van der Waals surface area (Å²) in [6.07, 6.45) is 2.69. The number of hydrogen-bond acceptors (Lipinski definition) is 6. The number of aliphatic hydroxyl groups excluding tert-OH is 1. The molecule has 0 unspecified atom stereocenters. The van der Waals surface area contributed by atoms with E-state index < -0.39 is 0 Å². The van der Waals surface area contributed by atoms with Crippen molar-refractivity contribution in [3.05, 3.63) is 71.6 Å². The highest BCUT2D eigenvalue weighted by Crippen LogP contribution is 2.15. The van der Waals surface area contributed by atoms with Gasteiger partial charge in [0, 0.05) is 36.4 Å². The smallest absolute Gasteiger partial charge is 0.142 e. The fraction of sp³-hybridized carbons (Fsp3) is 0.190. The van der Waals surface area contributed by atoms with Gasteiger partial charge < -0.3 is 25.7 Å². The van der Waals surface area contributed by atoms with E-state index in [9.17, 15) is 4.39 Å². The van der Waals surface area contributed by atoms with Crippen molar-refractivity contribution in [1.82, 2.24) is 15.0 Å². The minimum Gasteiger partial charge on any atom is -0.399 e. The molecule has 0 fully saturated rings. The first-order valence-corrected chi connectivity index (χ1v) is 9.00. The molecule has 0 saturated carbocycles. The number of fused-ring (bicyclic) bond motifs is 1. The van der Waals surface area contributed by atoms with Crippen LogP contribution in [0.25, 0.3) is 11.0 Å². The van der Waals surface area contributed by atoms with Crippen molar-refractivity contribution in [2.75, 3.05) is 31.6 Å². The lowest BCUT2D eigenvalue weighted by Gasteiger charge is -2.22. The van der Waals surface area contributed by atoms with Crippen LogP contribution < -0.4 is 16.5 Å². The number of anilines is 1. The lowest BCUT2D eigenvalue weighted by Crippen LogP contribution is -2.35. The number of nitrogens with two attached hydrogens (primary N) is 2. The number of hydrazine groups is 1. The van der Waals surface area contributed by atoms with Crippen LogP contribution in [-0.2, 0) is 0 Å². The minimum absolute atomic E-state index is 0.224. The average Bonchev–Trinajstić information content (AvgIpc) is 3.12. The molecule has 0 aliphatic heterocycles. The SMILES string of the molecule is CN(CCN(N)/C=C(\N)CO)c1ccc(C#Cc2cc3cc(F)cnc3[nH]2)cc1. The Morgan fingerprint density at radius 1 is 1.24 bits per heavy atom. The van der Waals surface area contributed by atoms with Crippen LogP contribution in [0.2, 0.25) is 0 Å². The summed E-state index contributed by atoms with van der Waals surface area (Å²) >= 11 is 0. The van der Waals surface area contributed by atoms with E-state index in [1.54, 1.807) is 6.07 Å². The number of benzene rings is 1. The number of nitrogens with one attached hydrogen (secondary N) is 1. The van der Waals surface area contributed by atoms with Gasteiger partial charge in [0.2, 0.25) is 0 Å². The fourth-order valence-corrected chi connectivity index (χ4v) is 2.71. The lowest BCUT2D eigenvalue weighted by molar-refractivity contribution is 0.320. The zero-order chi connectivity index (χ0) is 20.8. The molecular weight excluding hydrogens is 371 g/mol. The van der Waals surface area contributed by atoms with Gasteiger partial charge in [-0.2, -0.15) is 0 Å². The van der Waals surface area contributed by atoms with E-state index in [-0.39, 0.29) is 12.4 Å². The Balaban J connectivity index is 1.62. The Labute approximate surface area is 168 Å². The van der Waals surface area contributed by atoms with Gasteiger partial charge in [0.1, 0.15) is 11.5 Å². The maximum Gasteiger partial charge on any atom is 0.142 e. The Morgan fingerprint density at radius 2 is 2.00 bits per heavy atom. The van der Waals surface area contributed by atoms with Crippen LogP contribution in [-0.4, -0.2) is 46.8 Å². The number of likely N-dealkylation sites (N-methyl/N-ethyl adjacent to an activating group) is 1. The van der Waals surface area contributed by atoms with Gasteiger partial charge in [-0.05, 0) is 42.3 Å². The number of hydrogen-bond donors (Lipinski definition) is 4. The second kappa shape index (κ2) is 9.10. The summed E-state index contributed by atoms with van der Waals surface area (Å²) in [4.78, 5) is 9.11. The van der Waals surface area contributed by atoms with Gasteiger partial charge in [-0.25, -0.2) is 15.2 Å². The molecule has 3 rings (SSSR count). The normalized spacial score (nSPS) is 11.2. The van der Waals surface area contributed by atoms with Crippen LogP contribution in [0.3, 0.4) is 0 Å². The number of aliphatic hydroxyl groups is 1. The third-order valence-electron chi connectivity index (χ3n) is 4.29. The van der Waals surface area contributed by atoms with E-state index in [1.165, 1.54) is 23.5 Å². The van der Waals surface area contributed by atoms with Crippen molar-refractivity contribution in [3.63, 3.8) is 0 Å². The molecule has 1 aromatic carbocycles. The molecule has 2 heterocycles. The summed E-state index contributed by atoms with van der Waals surface area (Å²) in [5.41, 5.74) is 9.03.